The van der Waals surface area contributed by atoms with Gasteiger partial charge in [-0.3, -0.25) is 4.79 Å². The molecule has 5 atom stereocenters. The van der Waals surface area contributed by atoms with Crippen LogP contribution in [0, 0.1) is 0 Å². The maximum Gasteiger partial charge on any atom is 0.255 e. The summed E-state index contributed by atoms with van der Waals surface area (Å²) in [7, 11) is 0. The molecule has 3 aliphatic heterocycles. The van der Waals surface area contributed by atoms with E-state index < -0.39 is 30.1 Å². The first-order chi connectivity index (χ1) is 10.6. The van der Waals surface area contributed by atoms with Crippen molar-refractivity contribution in [3.05, 3.63) is 35.4 Å². The quantitative estimate of drug-likeness (QED) is 0.635. The Bertz CT molecular complexity index is 624. The molecule has 3 heterocycles. The van der Waals surface area contributed by atoms with Crippen LogP contribution in [0.15, 0.2) is 24.3 Å². The lowest BCUT2D eigenvalue weighted by Gasteiger charge is -2.45. The van der Waals surface area contributed by atoms with Gasteiger partial charge in [-0.15, -0.1) is 0 Å². The van der Waals surface area contributed by atoms with Gasteiger partial charge in [-0.25, -0.2) is 0 Å². The van der Waals surface area contributed by atoms with Gasteiger partial charge in [0.15, 0.2) is 6.29 Å². The highest BCUT2D eigenvalue weighted by molar-refractivity contribution is 5.98. The number of aliphatic hydroxyl groups excluding tert-OH is 2. The zero-order chi connectivity index (χ0) is 15.5. The highest BCUT2D eigenvalue weighted by Crippen LogP contribution is 2.40. The van der Waals surface area contributed by atoms with Crippen molar-refractivity contribution in [2.45, 2.75) is 36.7 Å². The van der Waals surface area contributed by atoms with Crippen LogP contribution in [0.1, 0.15) is 15.9 Å². The monoisotopic (exact) mass is 306 g/mol. The van der Waals surface area contributed by atoms with E-state index in [9.17, 15) is 15.0 Å². The molecule has 4 N–H and O–H groups in total. The fourth-order valence-electron chi connectivity index (χ4n) is 3.58. The minimum atomic E-state index is -1.20. The fourth-order valence-corrected chi connectivity index (χ4v) is 3.58. The molecular formula is C15H18N2O5. The van der Waals surface area contributed by atoms with E-state index in [1.165, 1.54) is 4.90 Å². The van der Waals surface area contributed by atoms with Crippen LogP contribution in [0.5, 0.6) is 0 Å². The van der Waals surface area contributed by atoms with Gasteiger partial charge in [0.2, 0.25) is 0 Å². The topological polar surface area (TPSA) is 105 Å². The molecule has 1 amide bonds. The van der Waals surface area contributed by atoms with E-state index in [-0.39, 0.29) is 19.1 Å². The summed E-state index contributed by atoms with van der Waals surface area (Å²) in [5.74, 6) is -0.189. The molecule has 7 heteroatoms. The summed E-state index contributed by atoms with van der Waals surface area (Å²) < 4.78 is 11.3. The molecule has 4 unspecified atom stereocenters. The fraction of sp³-hybridized carbons (Fsp3) is 0.533. The van der Waals surface area contributed by atoms with Crippen LogP contribution in [0.4, 0.5) is 0 Å². The Morgan fingerprint density at radius 2 is 2.14 bits per heavy atom. The van der Waals surface area contributed by atoms with Crippen molar-refractivity contribution >= 4 is 5.91 Å². The van der Waals surface area contributed by atoms with Crippen LogP contribution in [-0.4, -0.2) is 64.3 Å². The third kappa shape index (κ3) is 1.71. The summed E-state index contributed by atoms with van der Waals surface area (Å²) >= 11 is 0. The molecule has 1 aromatic carbocycles. The summed E-state index contributed by atoms with van der Waals surface area (Å²) in [4.78, 5) is 14.1. The van der Waals surface area contributed by atoms with Crippen molar-refractivity contribution in [2.24, 2.45) is 5.73 Å². The number of hydrogen-bond acceptors (Lipinski definition) is 6. The molecule has 0 aliphatic carbocycles. The van der Waals surface area contributed by atoms with Crippen molar-refractivity contribution < 1.29 is 24.5 Å². The molecule has 0 saturated carbocycles. The van der Waals surface area contributed by atoms with Crippen molar-refractivity contribution in [3.63, 3.8) is 0 Å². The standard InChI is InChI=1S/C15H18N2O5/c16-6-15-7-21-14(22-15)10(11(18)12(15)19)17-5-8-3-1-2-4-9(8)13(17)20/h1-4,10-12,14,18-19H,5-7,16H2/t10?,11?,12-,14?,15?/m1/s1. The maximum absolute atomic E-state index is 12.6. The van der Waals surface area contributed by atoms with Crippen LogP contribution in [-0.2, 0) is 16.0 Å². The zero-order valence-corrected chi connectivity index (χ0v) is 11.9. The molecule has 0 radical (unpaired) electrons. The third-order valence-electron chi connectivity index (χ3n) is 4.89. The molecule has 0 spiro atoms. The second-order valence-electron chi connectivity index (χ2n) is 6.08. The van der Waals surface area contributed by atoms with E-state index >= 15 is 0 Å². The van der Waals surface area contributed by atoms with E-state index in [0.717, 1.165) is 5.56 Å². The normalized spacial score (nSPS) is 40.1. The lowest BCUT2D eigenvalue weighted by Crippen LogP contribution is -2.67. The van der Waals surface area contributed by atoms with Crippen molar-refractivity contribution in [1.29, 1.82) is 0 Å². The van der Waals surface area contributed by atoms with E-state index in [4.69, 9.17) is 15.2 Å². The Hall–Kier alpha value is -1.51. The average molecular weight is 306 g/mol. The SMILES string of the molecule is NCC12COC(O1)C(N1Cc3ccccc3C1=O)C(O)[C@H]2O. The number of carbonyl (C=O) groups is 1. The number of benzene rings is 1. The Morgan fingerprint density at radius 3 is 2.86 bits per heavy atom. The van der Waals surface area contributed by atoms with Gasteiger partial charge in [-0.1, -0.05) is 18.2 Å². The van der Waals surface area contributed by atoms with E-state index in [0.29, 0.717) is 12.1 Å². The van der Waals surface area contributed by atoms with Gasteiger partial charge >= 0.3 is 0 Å². The van der Waals surface area contributed by atoms with Crippen LogP contribution >= 0.6 is 0 Å². The van der Waals surface area contributed by atoms with E-state index in [2.05, 4.69) is 0 Å². The lowest BCUT2D eigenvalue weighted by atomic mass is 9.87. The predicted octanol–water partition coefficient (Wildman–Crippen LogP) is -1.18. The number of rotatable bonds is 2. The van der Waals surface area contributed by atoms with Crippen LogP contribution in [0.3, 0.4) is 0 Å². The van der Waals surface area contributed by atoms with Gasteiger partial charge in [0, 0.05) is 18.7 Å². The van der Waals surface area contributed by atoms with Gasteiger partial charge in [0.25, 0.3) is 5.91 Å². The summed E-state index contributed by atoms with van der Waals surface area (Å²) in [5.41, 5.74) is 6.08. The number of carbonyl (C=O) groups excluding carboxylic acids is 1. The van der Waals surface area contributed by atoms with E-state index in [1.54, 1.807) is 12.1 Å². The molecule has 7 nitrogen and oxygen atoms in total. The van der Waals surface area contributed by atoms with Gasteiger partial charge in [-0.2, -0.15) is 0 Å². The van der Waals surface area contributed by atoms with Crippen molar-refractivity contribution in [2.75, 3.05) is 13.2 Å². The Labute approximate surface area is 127 Å². The molecule has 0 aromatic heterocycles. The highest BCUT2D eigenvalue weighted by Gasteiger charge is 2.60. The highest BCUT2D eigenvalue weighted by atomic mass is 16.7. The second-order valence-corrected chi connectivity index (χ2v) is 6.08. The summed E-state index contributed by atoms with van der Waals surface area (Å²) in [6, 6.07) is 6.54. The Morgan fingerprint density at radius 1 is 1.36 bits per heavy atom. The van der Waals surface area contributed by atoms with Crippen molar-refractivity contribution in [1.82, 2.24) is 4.90 Å². The molecule has 2 saturated heterocycles. The average Bonchev–Trinajstić information content (AvgIpc) is 3.08. The molecular weight excluding hydrogens is 288 g/mol. The summed E-state index contributed by atoms with van der Waals surface area (Å²) in [6.45, 7) is 0.517. The summed E-state index contributed by atoms with van der Waals surface area (Å²) in [5, 5.41) is 20.9. The molecule has 1 aromatic rings. The molecule has 2 fully saturated rings. The maximum atomic E-state index is 12.6. The largest absolute Gasteiger partial charge is 0.388 e. The van der Waals surface area contributed by atoms with E-state index in [1.807, 2.05) is 12.1 Å². The minimum Gasteiger partial charge on any atom is -0.388 e. The number of nitrogens with zero attached hydrogens (tertiary/aromatic N) is 1. The first-order valence-corrected chi connectivity index (χ1v) is 7.32. The predicted molar refractivity (Wildman–Crippen MR) is 74.7 cm³/mol. The van der Waals surface area contributed by atoms with Crippen LogP contribution in [0.2, 0.25) is 0 Å². The van der Waals surface area contributed by atoms with Crippen LogP contribution in [0.25, 0.3) is 0 Å². The molecule has 2 bridgehead atoms. The lowest BCUT2D eigenvalue weighted by molar-refractivity contribution is -0.236. The number of amides is 1. The molecule has 3 aliphatic rings. The van der Waals surface area contributed by atoms with Gasteiger partial charge in [0.1, 0.15) is 23.9 Å². The molecule has 118 valence electrons. The van der Waals surface area contributed by atoms with Gasteiger partial charge in [-0.05, 0) is 11.6 Å². The number of nitrogens with two attached hydrogens (primary N) is 1. The first-order valence-electron chi connectivity index (χ1n) is 7.32. The van der Waals surface area contributed by atoms with Gasteiger partial charge < -0.3 is 30.3 Å². The number of hydrogen-bond donors (Lipinski definition) is 3. The number of ether oxygens (including phenoxy) is 2. The third-order valence-corrected chi connectivity index (χ3v) is 4.89. The number of fused-ring (bicyclic) bond motifs is 3. The first kappa shape index (κ1) is 14.1. The summed E-state index contributed by atoms with van der Waals surface area (Å²) in [6.07, 6.45) is -3.14. The second kappa shape index (κ2) is 4.74. The van der Waals surface area contributed by atoms with Crippen molar-refractivity contribution in [3.8, 4) is 0 Å². The molecule has 22 heavy (non-hydrogen) atoms. The Balaban J connectivity index is 1.66. The zero-order valence-electron chi connectivity index (χ0n) is 11.9. The molecule has 4 rings (SSSR count). The number of aliphatic hydroxyl groups is 2. The smallest absolute Gasteiger partial charge is 0.255 e. The Kier molecular flexibility index (Phi) is 3.04. The van der Waals surface area contributed by atoms with Gasteiger partial charge in [0.05, 0.1) is 6.61 Å². The minimum absolute atomic E-state index is 0.0443. The van der Waals surface area contributed by atoms with Crippen LogP contribution < -0.4 is 5.73 Å².